The molecular weight excluding hydrogens is 926 g/mol. The third-order valence-electron chi connectivity index (χ3n) is 15.2. The van der Waals surface area contributed by atoms with Gasteiger partial charge in [-0.1, -0.05) is 6.07 Å². The Hall–Kier alpha value is -6.44. The minimum Gasteiger partial charge on any atom is -0.370 e. The van der Waals surface area contributed by atoms with Crippen LogP contribution in [0.2, 0.25) is 0 Å². The normalized spacial score (nSPS) is 24.7. The van der Waals surface area contributed by atoms with Crippen LogP contribution in [0.15, 0.2) is 47.3 Å². The first kappa shape index (κ1) is 48.6. The van der Waals surface area contributed by atoms with Gasteiger partial charge < -0.3 is 40.9 Å². The van der Waals surface area contributed by atoms with Crippen molar-refractivity contribution >= 4 is 76.4 Å². The number of aryl methyl sites for hydroxylation is 1. The van der Waals surface area contributed by atoms with Gasteiger partial charge in [0, 0.05) is 67.4 Å². The summed E-state index contributed by atoms with van der Waals surface area (Å²) in [6, 6.07) is 7.83. The first-order valence-corrected chi connectivity index (χ1v) is 25.7. The van der Waals surface area contributed by atoms with E-state index in [2.05, 4.69) is 20.9 Å². The average molecular weight is 984 g/mol. The fraction of sp³-hybridized carbons (Fsp3) is 0.521. The number of hydrogen-bond donors (Lipinski definition) is 7. The molecule has 22 heteroatoms. The van der Waals surface area contributed by atoms with Gasteiger partial charge in [0.15, 0.2) is 0 Å². The lowest BCUT2D eigenvalue weighted by Crippen LogP contribution is -2.61. The zero-order valence-electron chi connectivity index (χ0n) is 38.8. The molecule has 0 bridgehead atoms. The number of aromatic nitrogens is 3. The van der Waals surface area contributed by atoms with Gasteiger partial charge in [-0.15, -0.1) is 0 Å². The van der Waals surface area contributed by atoms with Crippen molar-refractivity contribution < 1.29 is 52.7 Å². The van der Waals surface area contributed by atoms with Crippen LogP contribution in [-0.4, -0.2) is 117 Å². The number of fused-ring (bicyclic) bond motifs is 3. The Balaban J connectivity index is 0.876. The number of imide groups is 1. The highest BCUT2D eigenvalue weighted by Crippen LogP contribution is 2.42. The summed E-state index contributed by atoms with van der Waals surface area (Å²) in [5, 5.41) is 8.55. The van der Waals surface area contributed by atoms with Crippen molar-refractivity contribution in [1.82, 2.24) is 39.9 Å². The quantitative estimate of drug-likeness (QED) is 0.0707. The Morgan fingerprint density at radius 1 is 0.886 bits per heavy atom. The van der Waals surface area contributed by atoms with Crippen LogP contribution in [0.4, 0.5) is 0 Å². The van der Waals surface area contributed by atoms with E-state index in [1.165, 1.54) is 33.4 Å². The van der Waals surface area contributed by atoms with Crippen LogP contribution in [0.1, 0.15) is 122 Å². The van der Waals surface area contributed by atoms with Gasteiger partial charge in [-0.2, -0.15) is 0 Å². The number of piperidine rings is 1. The van der Waals surface area contributed by atoms with Crippen LogP contribution in [0.5, 0.6) is 0 Å². The predicted molar refractivity (Wildman–Crippen MR) is 252 cm³/mol. The molecule has 7 amide bonds. The van der Waals surface area contributed by atoms with Gasteiger partial charge >= 0.3 is 13.3 Å². The van der Waals surface area contributed by atoms with Crippen molar-refractivity contribution in [1.29, 1.82) is 0 Å². The summed E-state index contributed by atoms with van der Waals surface area (Å²) in [5.41, 5.74) is 5.63. The van der Waals surface area contributed by atoms with E-state index in [1.54, 1.807) is 16.8 Å². The lowest BCUT2D eigenvalue weighted by Gasteiger charge is -2.39. The average Bonchev–Trinajstić information content (AvgIpc) is 3.61. The van der Waals surface area contributed by atoms with Crippen molar-refractivity contribution in [2.24, 2.45) is 24.6 Å². The molecule has 8 N–H and O–H groups in total. The van der Waals surface area contributed by atoms with Gasteiger partial charge in [-0.3, -0.25) is 57.4 Å². The number of benzene rings is 2. The topological polar surface area (TPSA) is 305 Å². The van der Waals surface area contributed by atoms with Crippen molar-refractivity contribution in [3.05, 3.63) is 69.8 Å². The molecule has 2 saturated carbocycles. The van der Waals surface area contributed by atoms with Crippen LogP contribution >= 0.6 is 7.60 Å². The number of hydrogen-bond acceptors (Lipinski definition) is 10. The Labute approximate surface area is 401 Å². The van der Waals surface area contributed by atoms with Crippen molar-refractivity contribution in [3.8, 4) is 0 Å². The molecule has 5 aliphatic rings. The number of rotatable bonds is 14. The number of carbonyl (C=O) groups excluding carboxylic acids is 8. The van der Waals surface area contributed by atoms with Crippen LogP contribution in [0, 0.1) is 11.8 Å². The fourth-order valence-corrected chi connectivity index (χ4v) is 11.6. The van der Waals surface area contributed by atoms with E-state index >= 15 is 0 Å². The van der Waals surface area contributed by atoms with E-state index in [0.717, 1.165) is 37.7 Å². The molecule has 372 valence electrons. The maximum absolute atomic E-state index is 14.8. The predicted octanol–water partition coefficient (Wildman–Crippen LogP) is 2.16. The highest BCUT2D eigenvalue weighted by atomic mass is 31.2. The molecule has 5 heterocycles. The standard InChI is InChI=1S/C48H58N9O12P/c1-54-38-21-28(6-10-35(38)57(47(54)66)36-12-13-40(59)52-43(36)62)20-26-2-4-27(5-3-26)22-41(60)55-19-15-31-8-11-37(44(63)53-48(17-18-48)16-14-39(49)58)56(31)45(64)34(25-55)51-42(61)33-24-30-23-29(7-9-32(30)50-33)46(65)70(67,68)69/h6-7,9-10,21,23-24,26-27,31,34,36-37,50H,2-5,8,11-20,22,25H2,1H3,(H2,49,58)(H,51,61)(H,53,63)(H,52,59,62)(H2,67,68,69)/t26-,27+,31-,34+,36?,37+/m1/s1. The van der Waals surface area contributed by atoms with Gasteiger partial charge in [0.1, 0.15) is 23.8 Å². The molecule has 4 aromatic rings. The number of carbonyl (C=O) groups is 8. The molecule has 1 unspecified atom stereocenters. The zero-order chi connectivity index (χ0) is 49.8. The Bertz CT molecular complexity index is 2940. The SMILES string of the molecule is Cn1c(=O)n(C2CCC(=O)NC2=O)c2ccc(C[C@H]3CC[C@@H](CC(=O)N4CC[C@H]5CC[C@@H](C(=O)NC6(CCC(N)=O)CC6)N5C(=O)[C@@H](NC(=O)c5cc6cc(C(=O)P(=O)(O)O)ccc6[nH]5)C4)CC3)cc21. The van der Waals surface area contributed by atoms with Crippen molar-refractivity contribution in [3.63, 3.8) is 0 Å². The maximum atomic E-state index is 14.8. The highest BCUT2D eigenvalue weighted by molar-refractivity contribution is 7.70. The van der Waals surface area contributed by atoms with Gasteiger partial charge in [-0.25, -0.2) is 4.79 Å². The number of nitrogens with two attached hydrogens (primary N) is 1. The third-order valence-corrected chi connectivity index (χ3v) is 16.0. The first-order valence-electron chi connectivity index (χ1n) is 24.1. The number of H-pyrrole nitrogens is 1. The van der Waals surface area contributed by atoms with Crippen molar-refractivity contribution in [2.75, 3.05) is 13.1 Å². The summed E-state index contributed by atoms with van der Waals surface area (Å²) < 4.78 is 14.7. The molecule has 2 aromatic carbocycles. The molecule has 21 nitrogen and oxygen atoms in total. The van der Waals surface area contributed by atoms with Gasteiger partial charge in [-0.05, 0) is 131 Å². The summed E-state index contributed by atoms with van der Waals surface area (Å²) in [5.74, 6) is -2.63. The minimum atomic E-state index is -5.08. The lowest BCUT2D eigenvalue weighted by molar-refractivity contribution is -0.145. The van der Waals surface area contributed by atoms with E-state index in [-0.39, 0.29) is 79.4 Å². The summed E-state index contributed by atoms with van der Waals surface area (Å²) in [6.45, 7) is 0.126. The third kappa shape index (κ3) is 9.96. The molecule has 9 rings (SSSR count). The Morgan fingerprint density at radius 2 is 1.63 bits per heavy atom. The minimum absolute atomic E-state index is 0.00717. The molecule has 2 aromatic heterocycles. The molecule has 0 radical (unpaired) electrons. The zero-order valence-corrected chi connectivity index (χ0v) is 39.7. The second-order valence-electron chi connectivity index (χ2n) is 20.0. The van der Waals surface area contributed by atoms with E-state index in [1.807, 2.05) is 18.2 Å². The van der Waals surface area contributed by atoms with E-state index < -0.39 is 66.5 Å². The Kier molecular flexibility index (Phi) is 13.2. The van der Waals surface area contributed by atoms with Gasteiger partial charge in [0.25, 0.3) is 11.4 Å². The van der Waals surface area contributed by atoms with E-state index in [9.17, 15) is 57.5 Å². The summed E-state index contributed by atoms with van der Waals surface area (Å²) in [6.07, 6.45) is 7.88. The van der Waals surface area contributed by atoms with Gasteiger partial charge in [0.2, 0.25) is 35.4 Å². The fourth-order valence-electron chi connectivity index (χ4n) is 11.2. The number of primary amides is 1. The molecule has 4 atom stereocenters. The second kappa shape index (κ2) is 19.0. The second-order valence-corrected chi connectivity index (χ2v) is 21.5. The summed E-state index contributed by atoms with van der Waals surface area (Å²) in [4.78, 5) is 144. The molecule has 2 aliphatic carbocycles. The number of aromatic amines is 1. The van der Waals surface area contributed by atoms with Crippen LogP contribution < -0.4 is 27.4 Å². The largest absolute Gasteiger partial charge is 0.396 e. The van der Waals surface area contributed by atoms with Crippen LogP contribution in [0.3, 0.4) is 0 Å². The number of nitrogens with zero attached hydrogens (tertiary/aromatic N) is 4. The summed E-state index contributed by atoms with van der Waals surface area (Å²) >= 11 is 0. The number of imidazole rings is 1. The smallest absolute Gasteiger partial charge is 0.370 e. The van der Waals surface area contributed by atoms with E-state index in [4.69, 9.17) is 5.73 Å². The van der Waals surface area contributed by atoms with Crippen molar-refractivity contribution in [2.45, 2.75) is 126 Å². The van der Waals surface area contributed by atoms with Gasteiger partial charge in [0.05, 0.1) is 11.0 Å². The maximum Gasteiger partial charge on any atom is 0.396 e. The number of nitrogens with one attached hydrogen (secondary N) is 4. The molecular formula is C48H58N9O12P. The molecule has 0 spiro atoms. The molecule has 5 fully saturated rings. The summed E-state index contributed by atoms with van der Waals surface area (Å²) in [7, 11) is -3.41. The lowest BCUT2D eigenvalue weighted by atomic mass is 9.78. The number of amides is 7. The van der Waals surface area contributed by atoms with E-state index in [0.29, 0.717) is 66.4 Å². The monoisotopic (exact) mass is 983 g/mol. The molecule has 3 saturated heterocycles. The first-order chi connectivity index (χ1) is 33.3. The molecule has 3 aliphatic heterocycles. The highest BCUT2D eigenvalue weighted by Gasteiger charge is 2.50. The molecule has 70 heavy (non-hydrogen) atoms. The van der Waals surface area contributed by atoms with Crippen LogP contribution in [0.25, 0.3) is 21.9 Å². The van der Waals surface area contributed by atoms with Crippen LogP contribution in [-0.2, 0) is 46.8 Å². The Morgan fingerprint density at radius 3 is 2.33 bits per heavy atom.